The maximum absolute atomic E-state index is 12.5. The molecule has 0 radical (unpaired) electrons. The molecule has 2 saturated heterocycles. The average molecular weight is 550 g/mol. The van der Waals surface area contributed by atoms with Crippen LogP contribution in [0.4, 0.5) is 23.5 Å². The van der Waals surface area contributed by atoms with Crippen molar-refractivity contribution in [3.8, 4) is 0 Å². The van der Waals surface area contributed by atoms with Gasteiger partial charge in [0.2, 0.25) is 17.8 Å². The summed E-state index contributed by atoms with van der Waals surface area (Å²) >= 11 is 3.04. The van der Waals surface area contributed by atoms with E-state index in [9.17, 15) is 4.79 Å². The van der Waals surface area contributed by atoms with Crippen LogP contribution in [0.5, 0.6) is 0 Å². The molecule has 0 saturated carbocycles. The first-order valence-electron chi connectivity index (χ1n) is 12.5. The second-order valence-corrected chi connectivity index (χ2v) is 11.1. The maximum Gasteiger partial charge on any atom is 0.233 e. The Hall–Kier alpha value is -3.32. The molecule has 0 atom stereocenters. The zero-order valence-corrected chi connectivity index (χ0v) is 22.3. The normalized spacial score (nSPS) is 16.1. The highest BCUT2D eigenvalue weighted by Crippen LogP contribution is 2.32. The summed E-state index contributed by atoms with van der Waals surface area (Å²) < 4.78 is 12.9. The molecule has 0 bridgehead atoms. The van der Waals surface area contributed by atoms with Gasteiger partial charge in [-0.25, -0.2) is 4.98 Å². The summed E-state index contributed by atoms with van der Waals surface area (Å²) in [4.78, 5) is 35.7. The molecule has 4 heterocycles. The lowest BCUT2D eigenvalue weighted by atomic mass is 10.2. The fourth-order valence-electron chi connectivity index (χ4n) is 4.23. The van der Waals surface area contributed by atoms with Crippen LogP contribution in [-0.4, -0.2) is 84.1 Å². The van der Waals surface area contributed by atoms with E-state index in [1.165, 1.54) is 11.8 Å². The molecule has 2 aliphatic rings. The van der Waals surface area contributed by atoms with Gasteiger partial charge in [-0.15, -0.1) is 11.3 Å². The van der Waals surface area contributed by atoms with Crippen molar-refractivity contribution < 1.29 is 14.3 Å². The zero-order chi connectivity index (χ0) is 25.7. The molecule has 2 aliphatic heterocycles. The average Bonchev–Trinajstić information content (AvgIpc) is 3.39. The van der Waals surface area contributed by atoms with Crippen LogP contribution in [0, 0.1) is 0 Å². The Labute approximate surface area is 228 Å². The van der Waals surface area contributed by atoms with Gasteiger partial charge in [-0.2, -0.15) is 15.0 Å². The third kappa shape index (κ3) is 5.88. The topological polar surface area (TPSA) is 106 Å². The molecule has 12 heteroatoms. The summed E-state index contributed by atoms with van der Waals surface area (Å²) in [6, 6.07) is 15.3. The maximum atomic E-state index is 12.5. The van der Waals surface area contributed by atoms with Crippen LogP contribution in [0.3, 0.4) is 0 Å². The number of anilines is 4. The number of aromatic nitrogens is 4. The molecule has 6 rings (SSSR count). The van der Waals surface area contributed by atoms with Gasteiger partial charge in [0, 0.05) is 37.4 Å². The number of benzene rings is 2. The Bertz CT molecular complexity index is 1370. The lowest BCUT2D eigenvalue weighted by Crippen LogP contribution is -2.40. The number of thioether (sulfide) groups is 1. The number of thiazole rings is 1. The van der Waals surface area contributed by atoms with Crippen LogP contribution in [0.2, 0.25) is 0 Å². The fourth-order valence-corrected chi connectivity index (χ4v) is 6.23. The molecule has 10 nitrogen and oxygen atoms in total. The number of ether oxygens (including phenoxy) is 2. The summed E-state index contributed by atoms with van der Waals surface area (Å²) in [6.45, 7) is 5.58. The number of fused-ring (bicyclic) bond motifs is 1. The highest BCUT2D eigenvalue weighted by Gasteiger charge is 2.21. The molecular weight excluding hydrogens is 522 g/mol. The first-order valence-corrected chi connectivity index (χ1v) is 14.3. The number of morpholine rings is 2. The van der Waals surface area contributed by atoms with Gasteiger partial charge in [0.1, 0.15) is 0 Å². The van der Waals surface area contributed by atoms with Gasteiger partial charge < -0.3 is 24.6 Å². The highest BCUT2D eigenvalue weighted by molar-refractivity contribution is 8.01. The van der Waals surface area contributed by atoms with Crippen molar-refractivity contribution in [3.05, 3.63) is 54.1 Å². The fraction of sp³-hybridized carbons (Fsp3) is 0.346. The van der Waals surface area contributed by atoms with Crippen LogP contribution in [0.25, 0.3) is 10.2 Å². The molecular formula is C26H27N7O3S2. The largest absolute Gasteiger partial charge is 0.378 e. The highest BCUT2D eigenvalue weighted by atomic mass is 32.2. The Morgan fingerprint density at radius 2 is 1.53 bits per heavy atom. The monoisotopic (exact) mass is 549 g/mol. The van der Waals surface area contributed by atoms with Crippen LogP contribution < -0.4 is 15.1 Å². The number of nitrogens with one attached hydrogen (secondary N) is 1. The molecule has 2 aromatic heterocycles. The summed E-state index contributed by atoms with van der Waals surface area (Å²) in [5.41, 5.74) is 2.48. The van der Waals surface area contributed by atoms with Crippen LogP contribution in [-0.2, 0) is 9.47 Å². The molecule has 0 amide bonds. The quantitative estimate of drug-likeness (QED) is 0.256. The summed E-state index contributed by atoms with van der Waals surface area (Å²) in [7, 11) is 0. The van der Waals surface area contributed by atoms with E-state index in [4.69, 9.17) is 29.4 Å². The summed E-state index contributed by atoms with van der Waals surface area (Å²) in [6.07, 6.45) is 0. The number of ketones is 1. The smallest absolute Gasteiger partial charge is 0.233 e. The minimum absolute atomic E-state index is 0.0965. The van der Waals surface area contributed by atoms with E-state index in [-0.39, 0.29) is 5.78 Å². The number of hydrogen-bond acceptors (Lipinski definition) is 12. The van der Waals surface area contributed by atoms with Gasteiger partial charge in [-0.1, -0.05) is 42.1 Å². The standard InChI is InChI=1S/C26H27N7O3S2/c34-21(18-4-2-1-3-5-18)17-37-26-28-20-7-6-19(16-22(20)38-26)27-23-29-24(32-8-12-35-13-9-32)31-25(30-23)33-10-14-36-15-11-33/h1-7,16H,8-15,17H2,(H,27,29,30,31). The van der Waals surface area contributed by atoms with E-state index < -0.39 is 0 Å². The van der Waals surface area contributed by atoms with Crippen molar-refractivity contribution in [1.29, 1.82) is 0 Å². The van der Waals surface area contributed by atoms with E-state index in [1.54, 1.807) is 11.3 Å². The minimum Gasteiger partial charge on any atom is -0.378 e. The lowest BCUT2D eigenvalue weighted by Gasteiger charge is -2.30. The molecule has 0 aliphatic carbocycles. The lowest BCUT2D eigenvalue weighted by molar-refractivity contribution is 0.102. The Morgan fingerprint density at radius 3 is 2.18 bits per heavy atom. The van der Waals surface area contributed by atoms with Gasteiger partial charge in [0.05, 0.1) is 42.4 Å². The Morgan fingerprint density at radius 1 is 0.868 bits per heavy atom. The second-order valence-electron chi connectivity index (χ2n) is 8.82. The third-order valence-corrected chi connectivity index (χ3v) is 8.41. The molecule has 38 heavy (non-hydrogen) atoms. The summed E-state index contributed by atoms with van der Waals surface area (Å²) in [5.74, 6) is 2.24. The zero-order valence-electron chi connectivity index (χ0n) is 20.7. The van der Waals surface area contributed by atoms with E-state index in [2.05, 4.69) is 15.1 Å². The number of hydrogen-bond donors (Lipinski definition) is 1. The molecule has 196 valence electrons. The summed E-state index contributed by atoms with van der Waals surface area (Å²) in [5, 5.41) is 3.38. The Balaban J connectivity index is 1.20. The second kappa shape index (κ2) is 11.6. The van der Waals surface area contributed by atoms with Crippen molar-refractivity contribution in [2.24, 2.45) is 0 Å². The van der Waals surface area contributed by atoms with E-state index in [0.29, 0.717) is 50.0 Å². The van der Waals surface area contributed by atoms with Crippen molar-refractivity contribution in [1.82, 2.24) is 19.9 Å². The molecule has 2 fully saturated rings. The number of carbonyl (C=O) groups is 1. The number of Topliss-reactive ketones (excluding diaryl/α,β-unsaturated/α-hetero) is 1. The van der Waals surface area contributed by atoms with Crippen LogP contribution in [0.1, 0.15) is 10.4 Å². The van der Waals surface area contributed by atoms with Crippen LogP contribution in [0.15, 0.2) is 52.9 Å². The first-order chi connectivity index (χ1) is 18.7. The van der Waals surface area contributed by atoms with E-state index in [1.807, 2.05) is 48.5 Å². The van der Waals surface area contributed by atoms with E-state index in [0.717, 1.165) is 52.0 Å². The molecule has 0 spiro atoms. The first kappa shape index (κ1) is 25.0. The van der Waals surface area contributed by atoms with Crippen molar-refractivity contribution in [3.63, 3.8) is 0 Å². The van der Waals surface area contributed by atoms with Gasteiger partial charge in [-0.05, 0) is 18.2 Å². The molecule has 0 unspecified atom stereocenters. The third-order valence-electron chi connectivity index (χ3n) is 6.25. The predicted octanol–water partition coefficient (Wildman–Crippen LogP) is 3.87. The van der Waals surface area contributed by atoms with Crippen LogP contribution >= 0.6 is 23.1 Å². The number of carbonyl (C=O) groups excluding carboxylic acids is 1. The van der Waals surface area contributed by atoms with Crippen molar-refractivity contribution in [2.75, 3.05) is 73.5 Å². The number of nitrogens with zero attached hydrogens (tertiary/aromatic N) is 6. The molecule has 2 aromatic carbocycles. The predicted molar refractivity (Wildman–Crippen MR) is 150 cm³/mol. The molecule has 1 N–H and O–H groups in total. The van der Waals surface area contributed by atoms with Gasteiger partial charge in [-0.3, -0.25) is 4.79 Å². The Kier molecular flexibility index (Phi) is 7.63. The van der Waals surface area contributed by atoms with Gasteiger partial charge in [0.15, 0.2) is 10.1 Å². The van der Waals surface area contributed by atoms with Gasteiger partial charge >= 0.3 is 0 Å². The van der Waals surface area contributed by atoms with E-state index >= 15 is 0 Å². The van der Waals surface area contributed by atoms with Gasteiger partial charge in [0.25, 0.3) is 0 Å². The number of rotatable bonds is 8. The van der Waals surface area contributed by atoms with Crippen molar-refractivity contribution >= 4 is 62.6 Å². The SMILES string of the molecule is O=C(CSc1nc2ccc(Nc3nc(N4CCOCC4)nc(N4CCOCC4)n3)cc2s1)c1ccccc1. The van der Waals surface area contributed by atoms with Crippen molar-refractivity contribution in [2.45, 2.75) is 4.34 Å². The molecule has 4 aromatic rings. The minimum atomic E-state index is 0.0965.